The van der Waals surface area contributed by atoms with Crippen LogP contribution in [-0.4, -0.2) is 21.9 Å². The minimum atomic E-state index is -0.201. The Kier molecular flexibility index (Phi) is 4.50. The van der Waals surface area contributed by atoms with E-state index in [2.05, 4.69) is 24.0 Å². The van der Waals surface area contributed by atoms with Gasteiger partial charge in [0.05, 0.1) is 0 Å². The van der Waals surface area contributed by atoms with Crippen molar-refractivity contribution in [3.8, 4) is 0 Å². The number of hydrogen-bond acceptors (Lipinski definition) is 3. The monoisotopic (exact) mass is 277 g/mol. The first-order chi connectivity index (χ1) is 9.13. The van der Waals surface area contributed by atoms with E-state index >= 15 is 0 Å². The Morgan fingerprint density at radius 2 is 2.00 bits per heavy atom. The van der Waals surface area contributed by atoms with Gasteiger partial charge >= 0.3 is 0 Å². The molecular formula is C14H19N3OS. The topological polar surface area (TPSA) is 42.8 Å². The van der Waals surface area contributed by atoms with E-state index in [0.717, 1.165) is 17.9 Å². The van der Waals surface area contributed by atoms with Crippen LogP contribution in [0.2, 0.25) is 0 Å². The van der Waals surface area contributed by atoms with Crippen LogP contribution in [0.1, 0.15) is 31.3 Å². The number of nitrogens with one attached hydrogen (secondary N) is 1. The third-order valence-electron chi connectivity index (χ3n) is 2.91. The van der Waals surface area contributed by atoms with Crippen LogP contribution in [-0.2, 0) is 11.3 Å². The minimum absolute atomic E-state index is 0.201. The number of hydrogen-bond donors (Lipinski definition) is 1. The second kappa shape index (κ2) is 6.12. The fourth-order valence-electron chi connectivity index (χ4n) is 2.09. The Labute approximate surface area is 118 Å². The van der Waals surface area contributed by atoms with Crippen LogP contribution in [0.25, 0.3) is 0 Å². The smallest absolute Gasteiger partial charge is 0.195 e. The Hall–Kier alpha value is -1.46. The highest BCUT2D eigenvalue weighted by Gasteiger charge is 2.20. The van der Waals surface area contributed by atoms with Gasteiger partial charge in [0, 0.05) is 13.7 Å². The lowest BCUT2D eigenvalue weighted by Gasteiger charge is -2.17. The van der Waals surface area contributed by atoms with Crippen molar-refractivity contribution in [2.45, 2.75) is 26.5 Å². The highest BCUT2D eigenvalue weighted by molar-refractivity contribution is 7.71. The average molecular weight is 277 g/mol. The molecule has 0 bridgehead atoms. The van der Waals surface area contributed by atoms with Crippen LogP contribution in [0.5, 0.6) is 0 Å². The first kappa shape index (κ1) is 14.0. The van der Waals surface area contributed by atoms with Crippen LogP contribution in [0.3, 0.4) is 0 Å². The lowest BCUT2D eigenvalue weighted by Crippen LogP contribution is -2.14. The van der Waals surface area contributed by atoms with E-state index in [1.165, 1.54) is 0 Å². The lowest BCUT2D eigenvalue weighted by atomic mass is 10.1. The largest absolute Gasteiger partial charge is 0.369 e. The van der Waals surface area contributed by atoms with Gasteiger partial charge in [-0.3, -0.25) is 5.10 Å². The number of aromatic nitrogens is 3. The molecule has 0 amide bonds. The first-order valence-corrected chi connectivity index (χ1v) is 6.77. The summed E-state index contributed by atoms with van der Waals surface area (Å²) in [6.45, 7) is 5.14. The molecule has 0 aliphatic carbocycles. The number of aromatic amines is 1. The molecule has 0 saturated heterocycles. The van der Waals surface area contributed by atoms with Crippen molar-refractivity contribution in [2.24, 2.45) is 5.92 Å². The van der Waals surface area contributed by atoms with Crippen molar-refractivity contribution in [1.29, 1.82) is 0 Å². The van der Waals surface area contributed by atoms with E-state index in [0.29, 0.717) is 10.7 Å². The lowest BCUT2D eigenvalue weighted by molar-refractivity contribution is 0.124. The SMILES string of the molecule is COC(c1ccccc1)c1n[nH]c(=S)n1CC(C)C. The third kappa shape index (κ3) is 3.11. The number of benzene rings is 1. The van der Waals surface area contributed by atoms with Gasteiger partial charge in [0.1, 0.15) is 6.10 Å². The maximum atomic E-state index is 5.61. The van der Waals surface area contributed by atoms with E-state index in [1.54, 1.807) is 7.11 Å². The predicted octanol–water partition coefficient (Wildman–Crippen LogP) is 3.33. The molecule has 1 aromatic heterocycles. The van der Waals surface area contributed by atoms with E-state index in [-0.39, 0.29) is 6.10 Å². The van der Waals surface area contributed by atoms with Gasteiger partial charge in [0.2, 0.25) is 0 Å². The number of nitrogens with zero attached hydrogens (tertiary/aromatic N) is 2. The van der Waals surface area contributed by atoms with Crippen LogP contribution in [0, 0.1) is 10.7 Å². The molecule has 1 N–H and O–H groups in total. The maximum Gasteiger partial charge on any atom is 0.195 e. The van der Waals surface area contributed by atoms with Gasteiger partial charge in [-0.05, 0) is 23.7 Å². The van der Waals surface area contributed by atoms with Crippen molar-refractivity contribution < 1.29 is 4.74 Å². The highest BCUT2D eigenvalue weighted by Crippen LogP contribution is 2.24. The van der Waals surface area contributed by atoms with Crippen molar-refractivity contribution >= 4 is 12.2 Å². The second-order valence-corrected chi connectivity index (χ2v) is 5.30. The Morgan fingerprint density at radius 1 is 1.32 bits per heavy atom. The summed E-state index contributed by atoms with van der Waals surface area (Å²) in [4.78, 5) is 0. The summed E-state index contributed by atoms with van der Waals surface area (Å²) in [6.07, 6.45) is -0.201. The standard InChI is InChI=1S/C14H19N3OS/c1-10(2)9-17-13(15-16-14(17)19)12(18-3)11-7-5-4-6-8-11/h4-8,10,12H,9H2,1-3H3,(H,16,19). The van der Waals surface area contributed by atoms with Gasteiger partial charge in [-0.2, -0.15) is 5.10 Å². The molecule has 1 aromatic carbocycles. The molecule has 0 aliphatic rings. The van der Waals surface area contributed by atoms with Crippen LogP contribution < -0.4 is 0 Å². The first-order valence-electron chi connectivity index (χ1n) is 6.36. The van der Waals surface area contributed by atoms with Crippen LogP contribution >= 0.6 is 12.2 Å². The number of rotatable bonds is 5. The average Bonchev–Trinajstić information content (AvgIpc) is 2.74. The zero-order valence-corrected chi connectivity index (χ0v) is 12.3. The molecule has 1 heterocycles. The fraction of sp³-hybridized carbons (Fsp3) is 0.429. The van der Waals surface area contributed by atoms with Crippen molar-refractivity contribution in [3.05, 3.63) is 46.5 Å². The molecule has 0 saturated carbocycles. The molecule has 2 aromatic rings. The predicted molar refractivity (Wildman–Crippen MR) is 77.5 cm³/mol. The van der Waals surface area contributed by atoms with Gasteiger partial charge in [-0.1, -0.05) is 44.2 Å². The summed E-state index contributed by atoms with van der Waals surface area (Å²) >= 11 is 5.30. The molecule has 19 heavy (non-hydrogen) atoms. The Morgan fingerprint density at radius 3 is 2.58 bits per heavy atom. The van der Waals surface area contributed by atoms with Gasteiger partial charge in [-0.25, -0.2) is 0 Å². The van der Waals surface area contributed by atoms with Crippen molar-refractivity contribution in [1.82, 2.24) is 14.8 Å². The molecule has 0 spiro atoms. The van der Waals surface area contributed by atoms with E-state index in [1.807, 2.05) is 34.9 Å². The van der Waals surface area contributed by atoms with Crippen molar-refractivity contribution in [2.75, 3.05) is 7.11 Å². The maximum absolute atomic E-state index is 5.61. The van der Waals surface area contributed by atoms with Gasteiger partial charge in [-0.15, -0.1) is 0 Å². The molecule has 1 atom stereocenters. The minimum Gasteiger partial charge on any atom is -0.369 e. The molecule has 0 fully saturated rings. The van der Waals surface area contributed by atoms with Gasteiger partial charge < -0.3 is 9.30 Å². The molecule has 0 radical (unpaired) electrons. The summed E-state index contributed by atoms with van der Waals surface area (Å²) in [5.41, 5.74) is 1.07. The van der Waals surface area contributed by atoms with E-state index in [4.69, 9.17) is 17.0 Å². The zero-order chi connectivity index (χ0) is 13.8. The zero-order valence-electron chi connectivity index (χ0n) is 11.5. The normalized spacial score (nSPS) is 12.8. The number of ether oxygens (including phenoxy) is 1. The summed E-state index contributed by atoms with van der Waals surface area (Å²) in [7, 11) is 1.69. The number of H-pyrrole nitrogens is 1. The van der Waals surface area contributed by atoms with Gasteiger partial charge in [0.25, 0.3) is 0 Å². The molecule has 1 unspecified atom stereocenters. The molecule has 2 rings (SSSR count). The summed E-state index contributed by atoms with van der Waals surface area (Å²) in [6, 6.07) is 10.0. The summed E-state index contributed by atoms with van der Waals surface area (Å²) < 4.78 is 8.26. The summed E-state index contributed by atoms with van der Waals surface area (Å²) in [5.74, 6) is 1.32. The third-order valence-corrected chi connectivity index (χ3v) is 3.22. The molecule has 4 nitrogen and oxygen atoms in total. The quantitative estimate of drug-likeness (QED) is 0.852. The molecule has 102 valence electrons. The highest BCUT2D eigenvalue weighted by atomic mass is 32.1. The van der Waals surface area contributed by atoms with E-state index in [9.17, 15) is 0 Å². The van der Waals surface area contributed by atoms with Crippen LogP contribution in [0.4, 0.5) is 0 Å². The molecular weight excluding hydrogens is 258 g/mol. The van der Waals surface area contributed by atoms with Gasteiger partial charge in [0.15, 0.2) is 10.6 Å². The second-order valence-electron chi connectivity index (χ2n) is 4.92. The number of methoxy groups -OCH3 is 1. The molecule has 0 aliphatic heterocycles. The summed E-state index contributed by atoms with van der Waals surface area (Å²) in [5, 5.41) is 7.20. The Balaban J connectivity index is 2.42. The molecule has 5 heteroatoms. The van der Waals surface area contributed by atoms with E-state index < -0.39 is 0 Å². The fourth-order valence-corrected chi connectivity index (χ4v) is 2.30. The van der Waals surface area contributed by atoms with Crippen LogP contribution in [0.15, 0.2) is 30.3 Å². The Bertz CT molecular complexity index is 574. The van der Waals surface area contributed by atoms with Crippen molar-refractivity contribution in [3.63, 3.8) is 0 Å².